The minimum Gasteiger partial charge on any atom is -0.470 e. The van der Waals surface area contributed by atoms with Crippen LogP contribution >= 0.6 is 0 Å². The van der Waals surface area contributed by atoms with E-state index in [9.17, 15) is 9.59 Å². The number of piperidine rings is 1. The Morgan fingerprint density at radius 3 is 2.66 bits per heavy atom. The molecule has 2 aliphatic heterocycles. The van der Waals surface area contributed by atoms with Crippen molar-refractivity contribution < 1.29 is 14.3 Å². The standard InChI is InChI=1S/C22H26N4O3/c1-15-7-8-17(11-24-15)22(28)26-13-19(14-26)29-21-20(6-3-9-23-21)18-5-4-10-25(12-18)16(2)27/h3,6-9,11,18-19H,4-5,10,12-14H2,1-2H3/t18-/m0/s1. The Labute approximate surface area is 170 Å². The Bertz CT molecular complexity index is 893. The number of carbonyl (C=O) groups excluding carboxylic acids is 2. The first kappa shape index (κ1) is 19.4. The molecule has 0 radical (unpaired) electrons. The van der Waals surface area contributed by atoms with Crippen molar-refractivity contribution >= 4 is 11.8 Å². The van der Waals surface area contributed by atoms with Crippen LogP contribution in [0.1, 0.15) is 47.3 Å². The summed E-state index contributed by atoms with van der Waals surface area (Å²) in [5, 5.41) is 0. The molecule has 29 heavy (non-hydrogen) atoms. The summed E-state index contributed by atoms with van der Waals surface area (Å²) >= 11 is 0. The van der Waals surface area contributed by atoms with Gasteiger partial charge < -0.3 is 14.5 Å². The molecule has 2 aliphatic rings. The summed E-state index contributed by atoms with van der Waals surface area (Å²) in [5.41, 5.74) is 2.53. The maximum absolute atomic E-state index is 12.5. The van der Waals surface area contributed by atoms with Crippen LogP contribution in [0.3, 0.4) is 0 Å². The first-order chi connectivity index (χ1) is 14.0. The van der Waals surface area contributed by atoms with E-state index in [4.69, 9.17) is 4.74 Å². The van der Waals surface area contributed by atoms with Crippen LogP contribution in [0.15, 0.2) is 36.7 Å². The molecule has 0 unspecified atom stereocenters. The fourth-order valence-corrected chi connectivity index (χ4v) is 3.94. The zero-order valence-electron chi connectivity index (χ0n) is 16.9. The lowest BCUT2D eigenvalue weighted by atomic mass is 9.91. The Hall–Kier alpha value is -2.96. The molecule has 0 saturated carbocycles. The quantitative estimate of drug-likeness (QED) is 0.796. The van der Waals surface area contributed by atoms with Crippen LogP contribution in [-0.2, 0) is 4.79 Å². The molecule has 2 aromatic heterocycles. The summed E-state index contributed by atoms with van der Waals surface area (Å²) in [6.45, 7) is 6.10. The molecule has 0 aromatic carbocycles. The van der Waals surface area contributed by atoms with E-state index in [2.05, 4.69) is 9.97 Å². The second-order valence-electron chi connectivity index (χ2n) is 7.84. The Balaban J connectivity index is 1.38. The number of ether oxygens (including phenoxy) is 1. The number of nitrogens with zero attached hydrogens (tertiary/aromatic N) is 4. The van der Waals surface area contributed by atoms with Crippen molar-refractivity contribution in [3.8, 4) is 5.88 Å². The lowest BCUT2D eigenvalue weighted by Gasteiger charge is -2.39. The van der Waals surface area contributed by atoms with Crippen LogP contribution < -0.4 is 4.74 Å². The zero-order chi connectivity index (χ0) is 20.4. The van der Waals surface area contributed by atoms with E-state index >= 15 is 0 Å². The first-order valence-electron chi connectivity index (χ1n) is 10.1. The fraction of sp³-hybridized carbons (Fsp3) is 0.455. The van der Waals surface area contributed by atoms with Crippen molar-refractivity contribution in [2.24, 2.45) is 0 Å². The molecule has 0 aliphatic carbocycles. The largest absolute Gasteiger partial charge is 0.470 e. The number of aromatic nitrogens is 2. The molecule has 0 spiro atoms. The monoisotopic (exact) mass is 394 g/mol. The van der Waals surface area contributed by atoms with Crippen molar-refractivity contribution in [3.05, 3.63) is 53.5 Å². The van der Waals surface area contributed by atoms with Crippen molar-refractivity contribution in [2.75, 3.05) is 26.2 Å². The molecule has 152 valence electrons. The highest BCUT2D eigenvalue weighted by molar-refractivity contribution is 5.94. The Morgan fingerprint density at radius 2 is 1.93 bits per heavy atom. The Kier molecular flexibility index (Phi) is 5.47. The van der Waals surface area contributed by atoms with E-state index in [0.29, 0.717) is 31.1 Å². The number of pyridine rings is 2. The molecule has 0 N–H and O–H groups in total. The van der Waals surface area contributed by atoms with Gasteiger partial charge in [-0.05, 0) is 38.0 Å². The molecule has 2 fully saturated rings. The second-order valence-corrected chi connectivity index (χ2v) is 7.84. The number of carbonyl (C=O) groups is 2. The van der Waals surface area contributed by atoms with Gasteiger partial charge in [-0.15, -0.1) is 0 Å². The summed E-state index contributed by atoms with van der Waals surface area (Å²) in [5.74, 6) is 0.938. The van der Waals surface area contributed by atoms with Gasteiger partial charge in [-0.25, -0.2) is 4.98 Å². The summed E-state index contributed by atoms with van der Waals surface area (Å²) in [4.78, 5) is 36.6. The van der Waals surface area contributed by atoms with Crippen LogP contribution in [0, 0.1) is 6.92 Å². The van der Waals surface area contributed by atoms with Gasteiger partial charge in [0.05, 0.1) is 18.7 Å². The SMILES string of the molecule is CC(=O)N1CCC[C@H](c2cccnc2OC2CN(C(=O)c3ccc(C)nc3)C2)C1. The highest BCUT2D eigenvalue weighted by Crippen LogP contribution is 2.33. The molecule has 4 heterocycles. The lowest BCUT2D eigenvalue weighted by Crippen LogP contribution is -2.56. The van der Waals surface area contributed by atoms with E-state index in [1.165, 1.54) is 0 Å². The lowest BCUT2D eigenvalue weighted by molar-refractivity contribution is -0.130. The van der Waals surface area contributed by atoms with Gasteiger partial charge in [0.2, 0.25) is 11.8 Å². The van der Waals surface area contributed by atoms with E-state index in [0.717, 1.165) is 30.6 Å². The molecule has 7 nitrogen and oxygen atoms in total. The van der Waals surface area contributed by atoms with Gasteiger partial charge in [0, 0.05) is 49.6 Å². The second kappa shape index (κ2) is 8.19. The molecule has 2 amide bonds. The van der Waals surface area contributed by atoms with Gasteiger partial charge in [0.25, 0.3) is 5.91 Å². The van der Waals surface area contributed by atoms with Gasteiger partial charge in [-0.3, -0.25) is 14.6 Å². The van der Waals surface area contributed by atoms with Crippen LogP contribution in [-0.4, -0.2) is 63.9 Å². The molecule has 7 heteroatoms. The zero-order valence-corrected chi connectivity index (χ0v) is 16.9. The predicted octanol–water partition coefficient (Wildman–Crippen LogP) is 2.41. The molecule has 0 bridgehead atoms. The fourth-order valence-electron chi connectivity index (χ4n) is 3.94. The van der Waals surface area contributed by atoms with Crippen LogP contribution in [0.25, 0.3) is 0 Å². The summed E-state index contributed by atoms with van der Waals surface area (Å²) in [7, 11) is 0. The number of amides is 2. The van der Waals surface area contributed by atoms with Crippen LogP contribution in [0.4, 0.5) is 0 Å². The Morgan fingerprint density at radius 1 is 1.10 bits per heavy atom. The maximum atomic E-state index is 12.5. The van der Waals surface area contributed by atoms with E-state index in [1.807, 2.05) is 30.0 Å². The van der Waals surface area contributed by atoms with E-state index < -0.39 is 0 Å². The number of likely N-dealkylation sites (tertiary alicyclic amines) is 2. The normalized spacial score (nSPS) is 19.6. The average Bonchev–Trinajstić information content (AvgIpc) is 2.71. The summed E-state index contributed by atoms with van der Waals surface area (Å²) in [6, 6.07) is 7.60. The minimum absolute atomic E-state index is 0.0250. The number of hydrogen-bond donors (Lipinski definition) is 0. The third-order valence-electron chi connectivity index (χ3n) is 5.68. The molecule has 2 aromatic rings. The molecule has 4 rings (SSSR count). The molecular formula is C22H26N4O3. The third-order valence-corrected chi connectivity index (χ3v) is 5.68. The summed E-state index contributed by atoms with van der Waals surface area (Å²) < 4.78 is 6.14. The topological polar surface area (TPSA) is 75.6 Å². The number of rotatable bonds is 4. The maximum Gasteiger partial charge on any atom is 0.255 e. The molecule has 1 atom stereocenters. The van der Waals surface area contributed by atoms with E-state index in [1.54, 1.807) is 30.3 Å². The van der Waals surface area contributed by atoms with Gasteiger partial charge in [-0.2, -0.15) is 0 Å². The van der Waals surface area contributed by atoms with Gasteiger partial charge in [0.1, 0.15) is 6.10 Å². The number of aryl methyl sites for hydroxylation is 1. The van der Waals surface area contributed by atoms with Crippen molar-refractivity contribution in [1.29, 1.82) is 0 Å². The third kappa shape index (κ3) is 4.23. The predicted molar refractivity (Wildman–Crippen MR) is 108 cm³/mol. The van der Waals surface area contributed by atoms with Crippen molar-refractivity contribution in [1.82, 2.24) is 19.8 Å². The highest BCUT2D eigenvalue weighted by atomic mass is 16.5. The first-order valence-corrected chi connectivity index (χ1v) is 10.1. The number of hydrogen-bond acceptors (Lipinski definition) is 5. The van der Waals surface area contributed by atoms with E-state index in [-0.39, 0.29) is 23.8 Å². The summed E-state index contributed by atoms with van der Waals surface area (Å²) in [6.07, 6.45) is 5.27. The smallest absolute Gasteiger partial charge is 0.255 e. The molecular weight excluding hydrogens is 368 g/mol. The van der Waals surface area contributed by atoms with Gasteiger partial charge >= 0.3 is 0 Å². The van der Waals surface area contributed by atoms with Crippen molar-refractivity contribution in [3.63, 3.8) is 0 Å². The average molecular weight is 394 g/mol. The van der Waals surface area contributed by atoms with Gasteiger partial charge in [0.15, 0.2) is 0 Å². The van der Waals surface area contributed by atoms with Crippen molar-refractivity contribution in [2.45, 2.75) is 38.7 Å². The van der Waals surface area contributed by atoms with Crippen LogP contribution in [0.5, 0.6) is 5.88 Å². The molecule has 2 saturated heterocycles. The van der Waals surface area contributed by atoms with Crippen LogP contribution in [0.2, 0.25) is 0 Å². The van der Waals surface area contributed by atoms with Gasteiger partial charge in [-0.1, -0.05) is 6.07 Å². The minimum atomic E-state index is -0.0708. The highest BCUT2D eigenvalue weighted by Gasteiger charge is 2.34.